The Kier molecular flexibility index (Phi) is 3.54. The molecule has 1 aliphatic rings. The summed E-state index contributed by atoms with van der Waals surface area (Å²) in [5.41, 5.74) is 1.51. The molecule has 2 rings (SSSR count). The number of aliphatic hydroxyl groups excluding tert-OH is 1. The maximum atomic E-state index is 11.6. The zero-order valence-corrected chi connectivity index (χ0v) is 11.6. The SMILES string of the molecule is CC(C)(C)N(C(=O)O)[C@@H]1c2ccccc2CC[C@H]1O. The van der Waals surface area contributed by atoms with E-state index in [0.717, 1.165) is 17.5 Å². The fraction of sp³-hybridized carbons (Fsp3) is 0.533. The van der Waals surface area contributed by atoms with Gasteiger partial charge in [0.1, 0.15) is 0 Å². The van der Waals surface area contributed by atoms with Gasteiger partial charge < -0.3 is 10.2 Å². The first-order valence-electron chi connectivity index (χ1n) is 6.60. The van der Waals surface area contributed by atoms with Gasteiger partial charge in [0, 0.05) is 5.54 Å². The van der Waals surface area contributed by atoms with Gasteiger partial charge >= 0.3 is 6.09 Å². The molecule has 0 aliphatic heterocycles. The van der Waals surface area contributed by atoms with E-state index in [-0.39, 0.29) is 0 Å². The molecule has 2 atom stereocenters. The van der Waals surface area contributed by atoms with E-state index in [9.17, 15) is 15.0 Å². The van der Waals surface area contributed by atoms with Crippen molar-refractivity contribution in [2.75, 3.05) is 0 Å². The van der Waals surface area contributed by atoms with E-state index < -0.39 is 23.8 Å². The molecule has 1 aliphatic carbocycles. The van der Waals surface area contributed by atoms with E-state index in [1.54, 1.807) is 0 Å². The Morgan fingerprint density at radius 3 is 2.53 bits per heavy atom. The van der Waals surface area contributed by atoms with Crippen molar-refractivity contribution in [1.29, 1.82) is 0 Å². The second-order valence-electron chi connectivity index (χ2n) is 6.07. The van der Waals surface area contributed by atoms with Gasteiger partial charge in [-0.05, 0) is 44.7 Å². The van der Waals surface area contributed by atoms with Crippen LogP contribution in [-0.4, -0.2) is 32.8 Å². The van der Waals surface area contributed by atoms with Crippen LogP contribution in [0.2, 0.25) is 0 Å². The highest BCUT2D eigenvalue weighted by atomic mass is 16.4. The van der Waals surface area contributed by atoms with Crippen molar-refractivity contribution >= 4 is 6.09 Å². The molecular formula is C15H21NO3. The Bertz CT molecular complexity index is 479. The average molecular weight is 263 g/mol. The number of hydrogen-bond donors (Lipinski definition) is 2. The summed E-state index contributed by atoms with van der Waals surface area (Å²) in [5.74, 6) is 0. The van der Waals surface area contributed by atoms with Crippen molar-refractivity contribution in [3.8, 4) is 0 Å². The first-order valence-corrected chi connectivity index (χ1v) is 6.60. The topological polar surface area (TPSA) is 60.8 Å². The number of carboxylic acid groups (broad SMARTS) is 1. The van der Waals surface area contributed by atoms with Crippen LogP contribution in [0.25, 0.3) is 0 Å². The van der Waals surface area contributed by atoms with Crippen LogP contribution in [-0.2, 0) is 6.42 Å². The third-order valence-corrected chi connectivity index (χ3v) is 3.65. The molecule has 1 aromatic rings. The van der Waals surface area contributed by atoms with E-state index in [1.165, 1.54) is 4.90 Å². The van der Waals surface area contributed by atoms with E-state index >= 15 is 0 Å². The largest absolute Gasteiger partial charge is 0.465 e. The maximum absolute atomic E-state index is 11.6. The molecule has 2 N–H and O–H groups in total. The molecule has 0 saturated heterocycles. The van der Waals surface area contributed by atoms with Crippen molar-refractivity contribution < 1.29 is 15.0 Å². The van der Waals surface area contributed by atoms with Crippen LogP contribution in [0.3, 0.4) is 0 Å². The van der Waals surface area contributed by atoms with Gasteiger partial charge in [0.15, 0.2) is 0 Å². The van der Waals surface area contributed by atoms with Crippen LogP contribution in [0, 0.1) is 0 Å². The number of benzene rings is 1. The monoisotopic (exact) mass is 263 g/mol. The molecule has 1 amide bonds. The smallest absolute Gasteiger partial charge is 0.408 e. The van der Waals surface area contributed by atoms with E-state index in [0.29, 0.717) is 6.42 Å². The molecule has 4 heteroatoms. The van der Waals surface area contributed by atoms with E-state index in [1.807, 2.05) is 45.0 Å². The van der Waals surface area contributed by atoms with Crippen molar-refractivity contribution in [2.24, 2.45) is 0 Å². The normalized spacial score (nSPS) is 22.7. The van der Waals surface area contributed by atoms with Crippen LogP contribution in [0.15, 0.2) is 24.3 Å². The first-order chi connectivity index (χ1) is 8.82. The van der Waals surface area contributed by atoms with Gasteiger partial charge in [0.25, 0.3) is 0 Å². The number of fused-ring (bicyclic) bond motifs is 1. The maximum Gasteiger partial charge on any atom is 0.408 e. The molecule has 0 saturated carbocycles. The predicted octanol–water partition coefficient (Wildman–Crippen LogP) is 2.81. The minimum Gasteiger partial charge on any atom is -0.465 e. The third-order valence-electron chi connectivity index (χ3n) is 3.65. The van der Waals surface area contributed by atoms with Crippen LogP contribution < -0.4 is 0 Å². The lowest BCUT2D eigenvalue weighted by Gasteiger charge is -2.44. The second kappa shape index (κ2) is 4.85. The van der Waals surface area contributed by atoms with Gasteiger partial charge in [0.2, 0.25) is 0 Å². The molecule has 0 bridgehead atoms. The molecule has 0 fully saturated rings. The lowest BCUT2D eigenvalue weighted by molar-refractivity contribution is -0.00188. The number of amides is 1. The van der Waals surface area contributed by atoms with Gasteiger partial charge in [-0.3, -0.25) is 4.90 Å². The molecule has 0 spiro atoms. The summed E-state index contributed by atoms with van der Waals surface area (Å²) in [6.45, 7) is 5.56. The lowest BCUT2D eigenvalue weighted by atomic mass is 9.83. The lowest BCUT2D eigenvalue weighted by Crippen LogP contribution is -2.51. The number of aliphatic hydroxyl groups is 1. The summed E-state index contributed by atoms with van der Waals surface area (Å²) in [4.78, 5) is 13.0. The molecule has 0 unspecified atom stereocenters. The molecule has 0 radical (unpaired) electrons. The summed E-state index contributed by atoms with van der Waals surface area (Å²) in [5, 5.41) is 19.8. The fourth-order valence-corrected chi connectivity index (χ4v) is 2.85. The van der Waals surface area contributed by atoms with Crippen molar-refractivity contribution in [3.05, 3.63) is 35.4 Å². The summed E-state index contributed by atoms with van der Waals surface area (Å²) >= 11 is 0. The van der Waals surface area contributed by atoms with Gasteiger partial charge in [0.05, 0.1) is 12.1 Å². The van der Waals surface area contributed by atoms with Gasteiger partial charge in [-0.1, -0.05) is 24.3 Å². The number of hydrogen-bond acceptors (Lipinski definition) is 2. The Morgan fingerprint density at radius 1 is 1.32 bits per heavy atom. The molecule has 0 aromatic heterocycles. The summed E-state index contributed by atoms with van der Waals surface area (Å²) in [6.07, 6.45) is -0.244. The Balaban J connectivity index is 2.50. The van der Waals surface area contributed by atoms with Crippen molar-refractivity contribution in [1.82, 2.24) is 4.90 Å². The van der Waals surface area contributed by atoms with Crippen LogP contribution >= 0.6 is 0 Å². The predicted molar refractivity (Wildman–Crippen MR) is 73.1 cm³/mol. The third kappa shape index (κ3) is 2.59. The zero-order valence-electron chi connectivity index (χ0n) is 11.6. The van der Waals surface area contributed by atoms with E-state index in [4.69, 9.17) is 0 Å². The number of nitrogens with zero attached hydrogens (tertiary/aromatic N) is 1. The minimum absolute atomic E-state index is 0.484. The highest BCUT2D eigenvalue weighted by molar-refractivity contribution is 5.67. The van der Waals surface area contributed by atoms with Crippen LogP contribution in [0.5, 0.6) is 0 Å². The van der Waals surface area contributed by atoms with Crippen LogP contribution in [0.4, 0.5) is 4.79 Å². The molecule has 19 heavy (non-hydrogen) atoms. The second-order valence-corrected chi connectivity index (χ2v) is 6.07. The van der Waals surface area contributed by atoms with Crippen LogP contribution in [0.1, 0.15) is 44.4 Å². The zero-order chi connectivity index (χ0) is 14.2. The molecule has 1 aromatic carbocycles. The standard InChI is InChI=1S/C15H21NO3/c1-15(2,3)16(14(18)19)13-11-7-5-4-6-10(11)8-9-12(13)17/h4-7,12-13,17H,8-9H2,1-3H3,(H,18,19)/t12-,13-/m1/s1. The summed E-state index contributed by atoms with van der Waals surface area (Å²) in [7, 11) is 0. The summed E-state index contributed by atoms with van der Waals surface area (Å²) < 4.78 is 0. The molecule has 0 heterocycles. The quantitative estimate of drug-likeness (QED) is 0.819. The molecular weight excluding hydrogens is 242 g/mol. The number of rotatable bonds is 1. The highest BCUT2D eigenvalue weighted by Gasteiger charge is 2.40. The van der Waals surface area contributed by atoms with E-state index in [2.05, 4.69) is 0 Å². The minimum atomic E-state index is -0.992. The van der Waals surface area contributed by atoms with Gasteiger partial charge in [-0.25, -0.2) is 4.79 Å². The Morgan fingerprint density at radius 2 is 1.95 bits per heavy atom. The average Bonchev–Trinajstić information content (AvgIpc) is 2.30. The number of carbonyl (C=O) groups is 1. The number of aryl methyl sites for hydroxylation is 1. The van der Waals surface area contributed by atoms with Crippen molar-refractivity contribution in [2.45, 2.75) is 51.3 Å². The fourth-order valence-electron chi connectivity index (χ4n) is 2.85. The molecule has 104 valence electrons. The molecule has 4 nitrogen and oxygen atoms in total. The van der Waals surface area contributed by atoms with Gasteiger partial charge in [-0.2, -0.15) is 0 Å². The summed E-state index contributed by atoms with van der Waals surface area (Å²) in [6, 6.07) is 7.30. The van der Waals surface area contributed by atoms with Gasteiger partial charge in [-0.15, -0.1) is 0 Å². The Hall–Kier alpha value is -1.55. The Labute approximate surface area is 113 Å². The van der Waals surface area contributed by atoms with Crippen molar-refractivity contribution in [3.63, 3.8) is 0 Å². The first kappa shape index (κ1) is 13.9. The highest BCUT2D eigenvalue weighted by Crippen LogP contribution is 2.38.